The number of allylic oxidation sites excluding steroid dienone is 1. The molecule has 1 aromatic rings. The fourth-order valence-electron chi connectivity index (χ4n) is 2.83. The third kappa shape index (κ3) is 2.93. The molecule has 6 heteroatoms. The van der Waals surface area contributed by atoms with E-state index in [9.17, 15) is 0 Å². The van der Waals surface area contributed by atoms with Gasteiger partial charge in [-0.05, 0) is 57.4 Å². The van der Waals surface area contributed by atoms with Crippen molar-refractivity contribution in [1.82, 2.24) is 0 Å². The Morgan fingerprint density at radius 3 is 2.21 bits per heavy atom. The van der Waals surface area contributed by atoms with Crippen molar-refractivity contribution in [1.29, 1.82) is 0 Å². The molecule has 0 spiro atoms. The van der Waals surface area contributed by atoms with E-state index in [0.29, 0.717) is 36.7 Å². The molecular formula is C18H24BFO4. The quantitative estimate of drug-likeness (QED) is 0.777. The lowest BCUT2D eigenvalue weighted by atomic mass is 9.82. The molecule has 130 valence electrons. The number of halogens is 1. The van der Waals surface area contributed by atoms with Crippen molar-refractivity contribution in [2.45, 2.75) is 52.2 Å². The minimum atomic E-state index is -0.988. The summed E-state index contributed by atoms with van der Waals surface area (Å²) in [7, 11) is -0.988. The molecule has 0 aliphatic carbocycles. The lowest BCUT2D eigenvalue weighted by molar-refractivity contribution is 0.00578. The van der Waals surface area contributed by atoms with E-state index in [-0.39, 0.29) is 5.73 Å². The van der Waals surface area contributed by atoms with Crippen molar-refractivity contribution >= 4 is 12.7 Å². The monoisotopic (exact) mass is 334 g/mol. The summed E-state index contributed by atoms with van der Waals surface area (Å²) in [5.41, 5.74) is -0.200. The van der Waals surface area contributed by atoms with E-state index in [2.05, 4.69) is 0 Å². The summed E-state index contributed by atoms with van der Waals surface area (Å²) in [5.74, 6) is 1.34. The largest absolute Gasteiger partial charge is 0.525 e. The zero-order chi connectivity index (χ0) is 17.5. The molecule has 1 aromatic carbocycles. The Morgan fingerprint density at radius 2 is 1.62 bits per heavy atom. The predicted molar refractivity (Wildman–Crippen MR) is 91.8 cm³/mol. The Morgan fingerprint density at radius 1 is 1.04 bits per heavy atom. The summed E-state index contributed by atoms with van der Waals surface area (Å²) in [6.07, 6.45) is 0.523. The van der Waals surface area contributed by atoms with E-state index < -0.39 is 18.3 Å². The van der Waals surface area contributed by atoms with Gasteiger partial charge in [0.05, 0.1) is 11.2 Å². The third-order valence-electron chi connectivity index (χ3n) is 4.99. The van der Waals surface area contributed by atoms with E-state index in [1.807, 2.05) is 52.8 Å². The van der Waals surface area contributed by atoms with Crippen LogP contribution in [-0.4, -0.2) is 31.5 Å². The average Bonchev–Trinajstić information content (AvgIpc) is 2.76. The number of hydrogen-bond acceptors (Lipinski definition) is 4. The predicted octanol–water partition coefficient (Wildman–Crippen LogP) is 4.18. The van der Waals surface area contributed by atoms with Crippen LogP contribution < -0.4 is 9.47 Å². The SMILES string of the molecule is CCC(=C(F)B1OC(C)(C)C(C)(C)O1)c1ccc2c(c1)OCCO2. The highest BCUT2D eigenvalue weighted by Crippen LogP contribution is 2.41. The van der Waals surface area contributed by atoms with Crippen LogP contribution in [0.15, 0.2) is 23.9 Å². The molecule has 3 rings (SSSR count). The highest BCUT2D eigenvalue weighted by Gasteiger charge is 2.53. The van der Waals surface area contributed by atoms with Crippen LogP contribution in [0.3, 0.4) is 0 Å². The molecule has 24 heavy (non-hydrogen) atoms. The van der Waals surface area contributed by atoms with E-state index in [1.165, 1.54) is 0 Å². The third-order valence-corrected chi connectivity index (χ3v) is 4.99. The van der Waals surface area contributed by atoms with Crippen LogP contribution in [0.2, 0.25) is 0 Å². The molecule has 2 aliphatic rings. The van der Waals surface area contributed by atoms with E-state index in [4.69, 9.17) is 18.8 Å². The van der Waals surface area contributed by atoms with Gasteiger partial charge in [0.15, 0.2) is 11.5 Å². The first-order valence-electron chi connectivity index (χ1n) is 8.39. The maximum absolute atomic E-state index is 15.1. The van der Waals surface area contributed by atoms with Crippen LogP contribution >= 0.6 is 0 Å². The van der Waals surface area contributed by atoms with Gasteiger partial charge in [-0.2, -0.15) is 0 Å². The number of fused-ring (bicyclic) bond motifs is 1. The van der Waals surface area contributed by atoms with Gasteiger partial charge in [0.1, 0.15) is 18.9 Å². The molecule has 0 saturated carbocycles. The van der Waals surface area contributed by atoms with E-state index in [0.717, 1.165) is 5.56 Å². The Balaban J connectivity index is 1.94. The lowest BCUT2D eigenvalue weighted by Crippen LogP contribution is -2.41. The highest BCUT2D eigenvalue weighted by atomic mass is 19.1. The summed E-state index contributed by atoms with van der Waals surface area (Å²) in [4.78, 5) is 0. The first-order chi connectivity index (χ1) is 11.2. The number of hydrogen-bond donors (Lipinski definition) is 0. The van der Waals surface area contributed by atoms with Crippen molar-refractivity contribution in [3.63, 3.8) is 0 Å². The van der Waals surface area contributed by atoms with Gasteiger partial charge in [-0.1, -0.05) is 13.0 Å². The molecule has 0 unspecified atom stereocenters. The summed E-state index contributed by atoms with van der Waals surface area (Å²) in [5, 5.41) is 0. The first kappa shape index (κ1) is 17.3. The van der Waals surface area contributed by atoms with Crippen LogP contribution in [0.5, 0.6) is 11.5 Å². The topological polar surface area (TPSA) is 36.9 Å². The molecule has 2 heterocycles. The molecular weight excluding hydrogens is 310 g/mol. The number of ether oxygens (including phenoxy) is 2. The van der Waals surface area contributed by atoms with Crippen LogP contribution in [0.25, 0.3) is 5.57 Å². The average molecular weight is 334 g/mol. The van der Waals surface area contributed by atoms with Gasteiger partial charge in [-0.15, -0.1) is 0 Å². The molecule has 0 aromatic heterocycles. The van der Waals surface area contributed by atoms with Gasteiger partial charge >= 0.3 is 7.12 Å². The Bertz CT molecular complexity index is 653. The minimum absolute atomic E-state index is 0.382. The standard InChI is InChI=1S/C18H24BFO4/c1-6-13(12-7-8-14-15(11-12)22-10-9-21-14)16(20)19-23-17(2,3)18(4,5)24-19/h7-8,11H,6,9-10H2,1-5H3. The highest BCUT2D eigenvalue weighted by molar-refractivity contribution is 6.55. The van der Waals surface area contributed by atoms with Crippen LogP contribution in [0.1, 0.15) is 46.6 Å². The van der Waals surface area contributed by atoms with Crippen LogP contribution in [0, 0.1) is 0 Å². The van der Waals surface area contributed by atoms with Crippen LogP contribution in [0.4, 0.5) is 4.39 Å². The molecule has 0 N–H and O–H groups in total. The molecule has 2 aliphatic heterocycles. The summed E-state index contributed by atoms with van der Waals surface area (Å²) in [6, 6.07) is 5.48. The van der Waals surface area contributed by atoms with E-state index in [1.54, 1.807) is 0 Å². The van der Waals surface area contributed by atoms with Crippen molar-refractivity contribution in [2.24, 2.45) is 0 Å². The Labute approximate surface area is 143 Å². The molecule has 0 radical (unpaired) electrons. The zero-order valence-corrected chi connectivity index (χ0v) is 14.9. The molecule has 4 nitrogen and oxygen atoms in total. The second kappa shape index (κ2) is 6.08. The second-order valence-corrected chi connectivity index (χ2v) is 7.13. The maximum Gasteiger partial charge on any atom is 0.525 e. The molecule has 0 bridgehead atoms. The van der Waals surface area contributed by atoms with Gasteiger partial charge in [0, 0.05) is 0 Å². The van der Waals surface area contributed by atoms with Gasteiger partial charge < -0.3 is 18.8 Å². The fourth-order valence-corrected chi connectivity index (χ4v) is 2.83. The van der Waals surface area contributed by atoms with Gasteiger partial charge in [-0.3, -0.25) is 0 Å². The Hall–Kier alpha value is -1.53. The summed E-state index contributed by atoms with van der Waals surface area (Å²) < 4.78 is 37.9. The van der Waals surface area contributed by atoms with Crippen molar-refractivity contribution in [2.75, 3.05) is 13.2 Å². The van der Waals surface area contributed by atoms with Crippen LogP contribution in [-0.2, 0) is 9.31 Å². The van der Waals surface area contributed by atoms with Crippen molar-refractivity contribution in [3.8, 4) is 11.5 Å². The number of rotatable bonds is 3. The molecule has 0 atom stereocenters. The minimum Gasteiger partial charge on any atom is -0.486 e. The molecule has 1 saturated heterocycles. The summed E-state index contributed by atoms with van der Waals surface area (Å²) in [6.45, 7) is 10.6. The lowest BCUT2D eigenvalue weighted by Gasteiger charge is -2.32. The van der Waals surface area contributed by atoms with Gasteiger partial charge in [0.25, 0.3) is 0 Å². The molecule has 1 fully saturated rings. The van der Waals surface area contributed by atoms with Crippen molar-refractivity contribution < 1.29 is 23.2 Å². The van der Waals surface area contributed by atoms with Gasteiger partial charge in [-0.25, -0.2) is 4.39 Å². The smallest absolute Gasteiger partial charge is 0.486 e. The fraction of sp³-hybridized carbons (Fsp3) is 0.556. The van der Waals surface area contributed by atoms with E-state index >= 15 is 4.39 Å². The molecule has 0 amide bonds. The second-order valence-electron chi connectivity index (χ2n) is 7.13. The Kier molecular flexibility index (Phi) is 4.38. The summed E-state index contributed by atoms with van der Waals surface area (Å²) >= 11 is 0. The van der Waals surface area contributed by atoms with Crippen molar-refractivity contribution in [3.05, 3.63) is 29.5 Å². The normalized spacial score (nSPS) is 22.3. The number of benzene rings is 1. The first-order valence-corrected chi connectivity index (χ1v) is 8.39. The maximum atomic E-state index is 15.1. The zero-order valence-electron chi connectivity index (χ0n) is 14.9. The van der Waals surface area contributed by atoms with Gasteiger partial charge in [0.2, 0.25) is 0 Å².